The molecular weight excluding hydrogens is 112 g/mol. The van der Waals surface area contributed by atoms with Gasteiger partial charge in [0, 0.05) is 12.3 Å². The Labute approximate surface area is 55.7 Å². The van der Waals surface area contributed by atoms with Gasteiger partial charge in [0.15, 0.2) is 0 Å². The van der Waals surface area contributed by atoms with Gasteiger partial charge < -0.3 is 5.32 Å². The second kappa shape index (κ2) is 3.41. The Hall–Kier alpha value is -0.630. The van der Waals surface area contributed by atoms with Gasteiger partial charge in [0.1, 0.15) is 0 Å². The van der Waals surface area contributed by atoms with Gasteiger partial charge in [-0.05, 0) is 12.6 Å². The van der Waals surface area contributed by atoms with E-state index >= 15 is 0 Å². The Kier molecular flexibility index (Phi) is 2.46. The molecule has 1 aliphatic rings. The summed E-state index contributed by atoms with van der Waals surface area (Å²) in [7, 11) is 0. The molecule has 0 saturated heterocycles. The molecule has 9 heavy (non-hydrogen) atoms. The highest BCUT2D eigenvalue weighted by molar-refractivity contribution is 5.98. The van der Waals surface area contributed by atoms with Crippen molar-refractivity contribution in [2.45, 2.75) is 6.92 Å². The molecule has 2 heteroatoms. The van der Waals surface area contributed by atoms with Gasteiger partial charge >= 0.3 is 0 Å². The molecule has 0 unspecified atom stereocenters. The van der Waals surface area contributed by atoms with Crippen LogP contribution in [-0.4, -0.2) is 25.3 Å². The summed E-state index contributed by atoms with van der Waals surface area (Å²) in [6, 6.07) is 0. The number of hydrogen-bond acceptors (Lipinski definition) is 2. The maximum Gasteiger partial charge on any atom is 0.0577 e. The zero-order chi connectivity index (χ0) is 6.53. The standard InChI is InChI=1S/C7H12N2/c1-2-8-6-7-4-3-5-9-7/h3-4,8H,2,5-6H2,1H3. The highest BCUT2D eigenvalue weighted by atomic mass is 14.9. The van der Waals surface area contributed by atoms with Gasteiger partial charge in [0.25, 0.3) is 0 Å². The Morgan fingerprint density at radius 3 is 3.22 bits per heavy atom. The van der Waals surface area contributed by atoms with Crippen LogP contribution in [0.3, 0.4) is 0 Å². The van der Waals surface area contributed by atoms with Crippen LogP contribution in [-0.2, 0) is 0 Å². The number of nitrogens with one attached hydrogen (secondary N) is 1. The van der Waals surface area contributed by atoms with E-state index in [1.807, 2.05) is 0 Å². The average molecular weight is 124 g/mol. The molecule has 0 fully saturated rings. The van der Waals surface area contributed by atoms with Crippen molar-refractivity contribution >= 4 is 5.71 Å². The van der Waals surface area contributed by atoms with Crippen molar-refractivity contribution in [2.24, 2.45) is 4.99 Å². The zero-order valence-corrected chi connectivity index (χ0v) is 5.72. The minimum atomic E-state index is 0.876. The van der Waals surface area contributed by atoms with Gasteiger partial charge in [-0.25, -0.2) is 0 Å². The van der Waals surface area contributed by atoms with Crippen molar-refractivity contribution in [1.29, 1.82) is 0 Å². The second-order valence-electron chi connectivity index (χ2n) is 2.01. The van der Waals surface area contributed by atoms with Crippen molar-refractivity contribution in [3.05, 3.63) is 12.2 Å². The van der Waals surface area contributed by atoms with Crippen molar-refractivity contribution in [1.82, 2.24) is 5.32 Å². The molecule has 0 atom stereocenters. The van der Waals surface area contributed by atoms with Crippen LogP contribution in [0, 0.1) is 0 Å². The first kappa shape index (κ1) is 6.49. The van der Waals surface area contributed by atoms with Crippen LogP contribution in [0.5, 0.6) is 0 Å². The summed E-state index contributed by atoms with van der Waals surface area (Å²) in [5.41, 5.74) is 1.18. The molecule has 50 valence electrons. The average Bonchev–Trinajstić information content (AvgIpc) is 2.34. The first-order chi connectivity index (χ1) is 4.43. The lowest BCUT2D eigenvalue weighted by Gasteiger charge is -1.96. The quantitative estimate of drug-likeness (QED) is 0.585. The normalized spacial score (nSPS) is 16.3. The summed E-state index contributed by atoms with van der Waals surface area (Å²) in [5, 5.41) is 3.21. The summed E-state index contributed by atoms with van der Waals surface area (Å²) < 4.78 is 0. The lowest BCUT2D eigenvalue weighted by atomic mass is 10.3. The predicted molar refractivity (Wildman–Crippen MR) is 40.0 cm³/mol. The van der Waals surface area contributed by atoms with Crippen LogP contribution >= 0.6 is 0 Å². The summed E-state index contributed by atoms with van der Waals surface area (Å²) in [6.45, 7) is 4.92. The molecule has 1 heterocycles. The van der Waals surface area contributed by atoms with E-state index in [0.29, 0.717) is 0 Å². The van der Waals surface area contributed by atoms with E-state index in [2.05, 4.69) is 29.4 Å². The molecule has 0 bridgehead atoms. The van der Waals surface area contributed by atoms with Crippen molar-refractivity contribution < 1.29 is 0 Å². The van der Waals surface area contributed by atoms with Crippen LogP contribution < -0.4 is 5.32 Å². The largest absolute Gasteiger partial charge is 0.311 e. The van der Waals surface area contributed by atoms with Gasteiger partial charge in [-0.15, -0.1) is 0 Å². The minimum absolute atomic E-state index is 0.876. The van der Waals surface area contributed by atoms with Gasteiger partial charge in [-0.3, -0.25) is 4.99 Å². The molecule has 1 aliphatic heterocycles. The van der Waals surface area contributed by atoms with Crippen LogP contribution in [0.2, 0.25) is 0 Å². The van der Waals surface area contributed by atoms with E-state index in [4.69, 9.17) is 0 Å². The van der Waals surface area contributed by atoms with E-state index in [-0.39, 0.29) is 0 Å². The molecule has 0 aromatic carbocycles. The third-order valence-electron chi connectivity index (χ3n) is 1.27. The number of hydrogen-bond donors (Lipinski definition) is 1. The predicted octanol–water partition coefficient (Wildman–Crippen LogP) is 0.607. The zero-order valence-electron chi connectivity index (χ0n) is 5.72. The molecule has 0 aliphatic carbocycles. The first-order valence-corrected chi connectivity index (χ1v) is 3.34. The maximum absolute atomic E-state index is 4.22. The molecule has 2 nitrogen and oxygen atoms in total. The monoisotopic (exact) mass is 124 g/mol. The highest BCUT2D eigenvalue weighted by Gasteiger charge is 1.95. The smallest absolute Gasteiger partial charge is 0.0577 e. The Balaban J connectivity index is 2.19. The van der Waals surface area contributed by atoms with Gasteiger partial charge in [0.2, 0.25) is 0 Å². The molecule has 0 spiro atoms. The van der Waals surface area contributed by atoms with Gasteiger partial charge in [-0.2, -0.15) is 0 Å². The molecule has 1 N–H and O–H groups in total. The SMILES string of the molecule is CCNCC1=NCC=C1. The molecule has 0 aromatic rings. The summed E-state index contributed by atoms with van der Waals surface area (Å²) >= 11 is 0. The summed E-state index contributed by atoms with van der Waals surface area (Å²) in [5.74, 6) is 0. The first-order valence-electron chi connectivity index (χ1n) is 3.34. The van der Waals surface area contributed by atoms with Crippen molar-refractivity contribution in [3.8, 4) is 0 Å². The van der Waals surface area contributed by atoms with Crippen LogP contribution in [0.25, 0.3) is 0 Å². The van der Waals surface area contributed by atoms with E-state index in [9.17, 15) is 0 Å². The van der Waals surface area contributed by atoms with Crippen LogP contribution in [0.4, 0.5) is 0 Å². The molecule has 0 radical (unpaired) electrons. The lowest BCUT2D eigenvalue weighted by Crippen LogP contribution is -2.20. The third kappa shape index (κ3) is 1.98. The van der Waals surface area contributed by atoms with Crippen molar-refractivity contribution in [2.75, 3.05) is 19.6 Å². The third-order valence-corrected chi connectivity index (χ3v) is 1.27. The van der Waals surface area contributed by atoms with Crippen molar-refractivity contribution in [3.63, 3.8) is 0 Å². The minimum Gasteiger partial charge on any atom is -0.311 e. The molecule has 0 amide bonds. The second-order valence-corrected chi connectivity index (χ2v) is 2.01. The number of nitrogens with zero attached hydrogens (tertiary/aromatic N) is 1. The van der Waals surface area contributed by atoms with E-state index in [1.165, 1.54) is 5.71 Å². The Morgan fingerprint density at radius 1 is 1.78 bits per heavy atom. The van der Waals surface area contributed by atoms with E-state index < -0.39 is 0 Å². The topological polar surface area (TPSA) is 24.4 Å². The van der Waals surface area contributed by atoms with E-state index in [0.717, 1.165) is 19.6 Å². The fourth-order valence-corrected chi connectivity index (χ4v) is 0.779. The lowest BCUT2D eigenvalue weighted by molar-refractivity contribution is 0.818. The van der Waals surface area contributed by atoms with Gasteiger partial charge in [-0.1, -0.05) is 13.0 Å². The molecule has 1 rings (SSSR count). The number of aliphatic imine (C=N–C) groups is 1. The summed E-state index contributed by atoms with van der Waals surface area (Å²) in [6.07, 6.45) is 4.15. The fourth-order valence-electron chi connectivity index (χ4n) is 0.779. The molecule has 0 aromatic heterocycles. The summed E-state index contributed by atoms with van der Waals surface area (Å²) in [4.78, 5) is 4.22. The van der Waals surface area contributed by atoms with E-state index in [1.54, 1.807) is 0 Å². The Morgan fingerprint density at radius 2 is 2.67 bits per heavy atom. The Bertz CT molecular complexity index is 136. The maximum atomic E-state index is 4.22. The number of rotatable bonds is 3. The highest BCUT2D eigenvalue weighted by Crippen LogP contribution is 1.90. The van der Waals surface area contributed by atoms with Gasteiger partial charge in [0.05, 0.1) is 6.54 Å². The van der Waals surface area contributed by atoms with Crippen LogP contribution in [0.1, 0.15) is 6.92 Å². The van der Waals surface area contributed by atoms with Crippen LogP contribution in [0.15, 0.2) is 17.1 Å². The molecular formula is C7H12N2. The molecule has 0 saturated carbocycles. The fraction of sp³-hybridized carbons (Fsp3) is 0.571.